The number of fused-ring (bicyclic) bond motifs is 1. The molecular formula is C5H4N4OS. The number of H-pyrrole nitrogens is 1. The zero-order valence-corrected chi connectivity index (χ0v) is 6.25. The minimum Gasteiger partial charge on any atom is -0.268 e. The predicted molar refractivity (Wildman–Crippen MR) is 40.9 cm³/mol. The number of hydrogen-bond donors (Lipinski definition) is 2. The van der Waals surface area contributed by atoms with Crippen LogP contribution in [0, 0.1) is 0 Å². The summed E-state index contributed by atoms with van der Waals surface area (Å²) in [6.07, 6.45) is 2.75. The Kier molecular flexibility index (Phi) is 1.22. The van der Waals surface area contributed by atoms with Gasteiger partial charge in [-0.15, -0.1) is 12.6 Å². The Morgan fingerprint density at radius 3 is 3.27 bits per heavy atom. The lowest BCUT2D eigenvalue weighted by Crippen LogP contribution is -2.13. The highest BCUT2D eigenvalue weighted by atomic mass is 32.1. The van der Waals surface area contributed by atoms with Crippen LogP contribution in [0.2, 0.25) is 0 Å². The van der Waals surface area contributed by atoms with Crippen LogP contribution in [0.25, 0.3) is 5.78 Å². The summed E-state index contributed by atoms with van der Waals surface area (Å²) in [4.78, 5) is 15.4. The molecular weight excluding hydrogens is 164 g/mol. The molecule has 0 fully saturated rings. The molecule has 1 N–H and O–H groups in total. The quantitative estimate of drug-likeness (QED) is 0.531. The van der Waals surface area contributed by atoms with Crippen molar-refractivity contribution in [3.63, 3.8) is 0 Å². The van der Waals surface area contributed by atoms with Crippen molar-refractivity contribution in [3.05, 3.63) is 22.9 Å². The molecule has 0 bridgehead atoms. The summed E-state index contributed by atoms with van der Waals surface area (Å²) in [6, 6.07) is 0. The molecule has 0 amide bonds. The van der Waals surface area contributed by atoms with Crippen molar-refractivity contribution < 1.29 is 0 Å². The maximum Gasteiger partial charge on any atom is 0.273 e. The molecule has 0 spiro atoms. The molecule has 0 aliphatic heterocycles. The van der Waals surface area contributed by atoms with Crippen molar-refractivity contribution in [1.29, 1.82) is 0 Å². The van der Waals surface area contributed by atoms with Gasteiger partial charge in [0.25, 0.3) is 5.56 Å². The predicted octanol–water partition coefficient (Wildman–Crippen LogP) is -0.294. The molecule has 2 aromatic heterocycles. The van der Waals surface area contributed by atoms with E-state index in [1.165, 1.54) is 16.9 Å². The molecule has 0 radical (unpaired) electrons. The van der Waals surface area contributed by atoms with Gasteiger partial charge in [-0.1, -0.05) is 0 Å². The van der Waals surface area contributed by atoms with Gasteiger partial charge in [-0.3, -0.25) is 4.79 Å². The van der Waals surface area contributed by atoms with Crippen LogP contribution in [0.15, 0.2) is 22.2 Å². The molecule has 6 heteroatoms. The van der Waals surface area contributed by atoms with Gasteiger partial charge < -0.3 is 0 Å². The Morgan fingerprint density at radius 1 is 1.64 bits per heavy atom. The van der Waals surface area contributed by atoms with E-state index < -0.39 is 0 Å². The lowest BCUT2D eigenvalue weighted by molar-refractivity contribution is 0.993. The summed E-state index contributed by atoms with van der Waals surface area (Å²) in [5, 5.41) is 6.20. The first-order chi connectivity index (χ1) is 5.29. The van der Waals surface area contributed by atoms with Crippen molar-refractivity contribution in [2.24, 2.45) is 0 Å². The first-order valence-electron chi connectivity index (χ1n) is 2.89. The van der Waals surface area contributed by atoms with Crippen LogP contribution in [-0.2, 0) is 0 Å². The maximum atomic E-state index is 11.2. The minimum absolute atomic E-state index is 0.216. The van der Waals surface area contributed by atoms with Crippen molar-refractivity contribution >= 4 is 18.4 Å². The first-order valence-corrected chi connectivity index (χ1v) is 3.33. The van der Waals surface area contributed by atoms with Crippen LogP contribution >= 0.6 is 12.6 Å². The van der Waals surface area contributed by atoms with E-state index in [9.17, 15) is 4.79 Å². The summed E-state index contributed by atoms with van der Waals surface area (Å²) in [5.41, 5.74) is -0.216. The average molecular weight is 168 g/mol. The molecule has 2 heterocycles. The third-order valence-electron chi connectivity index (χ3n) is 1.31. The molecule has 11 heavy (non-hydrogen) atoms. The fourth-order valence-electron chi connectivity index (χ4n) is 0.793. The summed E-state index contributed by atoms with van der Waals surface area (Å²) >= 11 is 3.91. The number of rotatable bonds is 0. The number of aromatic amines is 1. The zero-order chi connectivity index (χ0) is 7.84. The normalized spacial score (nSPS) is 10.6. The fraction of sp³-hybridized carbons (Fsp3) is 0. The largest absolute Gasteiger partial charge is 0.273 e. The van der Waals surface area contributed by atoms with E-state index in [4.69, 9.17) is 0 Å². The molecule has 56 valence electrons. The topological polar surface area (TPSA) is 63.0 Å². The summed E-state index contributed by atoms with van der Waals surface area (Å²) < 4.78 is 1.29. The molecule has 0 aromatic carbocycles. The van der Waals surface area contributed by atoms with E-state index in [1.54, 1.807) is 0 Å². The van der Waals surface area contributed by atoms with Crippen molar-refractivity contribution in [1.82, 2.24) is 19.6 Å². The van der Waals surface area contributed by atoms with Crippen LogP contribution in [0.4, 0.5) is 0 Å². The zero-order valence-electron chi connectivity index (χ0n) is 5.35. The van der Waals surface area contributed by atoms with Crippen LogP contribution in [0.1, 0.15) is 0 Å². The minimum atomic E-state index is -0.216. The number of hydrogen-bond acceptors (Lipinski definition) is 4. The van der Waals surface area contributed by atoms with Crippen LogP contribution in [-0.4, -0.2) is 19.6 Å². The molecule has 5 nitrogen and oxygen atoms in total. The number of nitrogens with zero attached hydrogens (tertiary/aromatic N) is 3. The summed E-state index contributed by atoms with van der Waals surface area (Å²) in [6.45, 7) is 0. The Morgan fingerprint density at radius 2 is 2.45 bits per heavy atom. The van der Waals surface area contributed by atoms with Gasteiger partial charge in [0.15, 0.2) is 0 Å². The van der Waals surface area contributed by atoms with Gasteiger partial charge in [0.2, 0.25) is 5.78 Å². The van der Waals surface area contributed by atoms with Gasteiger partial charge in [0.05, 0.1) is 4.90 Å². The lowest BCUT2D eigenvalue weighted by atomic mass is 10.6. The standard InChI is InChI=1S/C5H4N4OS/c10-4-3(11)1-6-5-8-7-2-9(4)5/h1-2,11H,(H,6,8). The summed E-state index contributed by atoms with van der Waals surface area (Å²) in [5.74, 6) is 0.424. The van der Waals surface area contributed by atoms with E-state index in [0.717, 1.165) is 0 Å². The van der Waals surface area contributed by atoms with Crippen LogP contribution in [0.5, 0.6) is 0 Å². The molecule has 0 atom stereocenters. The van der Waals surface area contributed by atoms with Gasteiger partial charge in [0.1, 0.15) is 6.33 Å². The molecule has 0 saturated heterocycles. The van der Waals surface area contributed by atoms with Crippen molar-refractivity contribution in [2.45, 2.75) is 4.90 Å². The number of nitrogens with one attached hydrogen (secondary N) is 1. The molecule has 0 unspecified atom stereocenters. The Bertz CT molecular complexity index is 445. The molecule has 0 aliphatic rings. The Labute approximate surface area is 66.5 Å². The van der Waals surface area contributed by atoms with E-state index >= 15 is 0 Å². The molecule has 0 aliphatic carbocycles. The van der Waals surface area contributed by atoms with E-state index in [2.05, 4.69) is 27.8 Å². The molecule has 0 saturated carbocycles. The van der Waals surface area contributed by atoms with Gasteiger partial charge in [0, 0.05) is 6.20 Å². The number of thiol groups is 1. The van der Waals surface area contributed by atoms with Crippen molar-refractivity contribution in [2.75, 3.05) is 0 Å². The maximum absolute atomic E-state index is 11.2. The van der Waals surface area contributed by atoms with E-state index in [1.807, 2.05) is 0 Å². The second-order valence-corrected chi connectivity index (χ2v) is 2.48. The third kappa shape index (κ3) is 0.829. The Hall–Kier alpha value is -1.30. The first kappa shape index (κ1) is 6.41. The van der Waals surface area contributed by atoms with Crippen molar-refractivity contribution in [3.8, 4) is 0 Å². The van der Waals surface area contributed by atoms with Gasteiger partial charge in [-0.2, -0.15) is 5.10 Å². The second kappa shape index (κ2) is 2.09. The SMILES string of the molecule is O=c1c(S)cnc2[nH]ncn12. The molecule has 2 rings (SSSR count). The Balaban J connectivity index is 3.05. The average Bonchev–Trinajstić information content (AvgIpc) is 2.45. The van der Waals surface area contributed by atoms with Crippen LogP contribution in [0.3, 0.4) is 0 Å². The lowest BCUT2D eigenvalue weighted by Gasteiger charge is -1.89. The molecule has 2 aromatic rings. The fourth-order valence-corrected chi connectivity index (χ4v) is 0.959. The van der Waals surface area contributed by atoms with E-state index in [-0.39, 0.29) is 5.56 Å². The smallest absolute Gasteiger partial charge is 0.268 e. The van der Waals surface area contributed by atoms with Gasteiger partial charge in [-0.25, -0.2) is 14.5 Å². The van der Waals surface area contributed by atoms with E-state index in [0.29, 0.717) is 10.7 Å². The highest BCUT2D eigenvalue weighted by Crippen LogP contribution is 1.95. The third-order valence-corrected chi connectivity index (χ3v) is 1.62. The summed E-state index contributed by atoms with van der Waals surface area (Å²) in [7, 11) is 0. The monoisotopic (exact) mass is 168 g/mol. The number of aromatic nitrogens is 4. The second-order valence-electron chi connectivity index (χ2n) is 2.00. The highest BCUT2D eigenvalue weighted by Gasteiger charge is 2.00. The van der Waals surface area contributed by atoms with Crippen LogP contribution < -0.4 is 5.56 Å². The van der Waals surface area contributed by atoms with Gasteiger partial charge >= 0.3 is 0 Å². The highest BCUT2D eigenvalue weighted by molar-refractivity contribution is 7.80. The van der Waals surface area contributed by atoms with Gasteiger partial charge in [-0.05, 0) is 0 Å².